The quantitative estimate of drug-likeness (QED) is 0.309. The van der Waals surface area contributed by atoms with E-state index in [1.807, 2.05) is 0 Å². The van der Waals surface area contributed by atoms with Crippen LogP contribution in [-0.4, -0.2) is 34.9 Å². The van der Waals surface area contributed by atoms with Crippen molar-refractivity contribution in [2.24, 2.45) is 5.92 Å². The lowest BCUT2D eigenvalue weighted by Crippen LogP contribution is -2.52. The molecule has 4 nitrogen and oxygen atoms in total. The summed E-state index contributed by atoms with van der Waals surface area (Å²) < 4.78 is 13.9. The normalized spacial score (nSPS) is 28.9. The topological polar surface area (TPSA) is 36.9 Å². The summed E-state index contributed by atoms with van der Waals surface area (Å²) in [7, 11) is -3.91. The molecular formula is C23H46O4Si2. The highest BCUT2D eigenvalue weighted by Crippen LogP contribution is 2.47. The number of rotatable bonds is 7. The van der Waals surface area contributed by atoms with Crippen molar-refractivity contribution >= 4 is 16.6 Å². The van der Waals surface area contributed by atoms with Crippen molar-refractivity contribution in [2.75, 3.05) is 0 Å². The zero-order valence-corrected chi connectivity index (χ0v) is 23.0. The smallest absolute Gasteiger partial charge is 0.250 e. The average molecular weight is 443 g/mol. The van der Waals surface area contributed by atoms with E-state index >= 15 is 0 Å². The third kappa shape index (κ3) is 4.87. The van der Waals surface area contributed by atoms with Crippen LogP contribution in [0.25, 0.3) is 0 Å². The van der Waals surface area contributed by atoms with E-state index in [1.54, 1.807) is 0 Å². The minimum Gasteiger partial charge on any atom is -0.545 e. The van der Waals surface area contributed by atoms with Crippen LogP contribution < -0.4 is 0 Å². The molecule has 0 spiro atoms. The van der Waals surface area contributed by atoms with Crippen LogP contribution in [-0.2, 0) is 18.6 Å². The monoisotopic (exact) mass is 442 g/mol. The minimum absolute atomic E-state index is 0.114. The fourth-order valence-electron chi connectivity index (χ4n) is 4.88. The molecule has 0 N–H and O–H groups in total. The Hall–Kier alpha value is -0.146. The zero-order chi connectivity index (χ0) is 22.4. The van der Waals surface area contributed by atoms with Crippen molar-refractivity contribution in [2.45, 2.75) is 129 Å². The van der Waals surface area contributed by atoms with Gasteiger partial charge in [0.05, 0.1) is 6.10 Å². The lowest BCUT2D eigenvalue weighted by Gasteiger charge is -2.45. The maximum atomic E-state index is 7.18. The molecule has 0 radical (unpaired) electrons. The predicted octanol–water partition coefficient (Wildman–Crippen LogP) is 7.19. The second kappa shape index (κ2) is 8.77. The molecule has 0 aromatic heterocycles. The third-order valence-electron chi connectivity index (χ3n) is 7.72. The van der Waals surface area contributed by atoms with Crippen LogP contribution in [0.1, 0.15) is 75.7 Å². The summed E-state index contributed by atoms with van der Waals surface area (Å²) in [6.07, 6.45) is 2.82. The molecule has 0 saturated carbocycles. The molecule has 170 valence electrons. The summed E-state index contributed by atoms with van der Waals surface area (Å²) in [4.78, 5) is 11.6. The molecule has 2 heterocycles. The van der Waals surface area contributed by atoms with Crippen LogP contribution in [0.5, 0.6) is 0 Å². The molecule has 0 aromatic rings. The molecule has 0 amide bonds. The van der Waals surface area contributed by atoms with E-state index < -0.39 is 16.6 Å². The highest BCUT2D eigenvalue weighted by Gasteiger charge is 2.51. The highest BCUT2D eigenvalue weighted by atomic mass is 28.4. The Labute approximate surface area is 181 Å². The van der Waals surface area contributed by atoms with Crippen LogP contribution >= 0.6 is 0 Å². The summed E-state index contributed by atoms with van der Waals surface area (Å²) in [6, 6.07) is 0. The lowest BCUT2D eigenvalue weighted by molar-refractivity contribution is -0.345. The third-order valence-corrected chi connectivity index (χ3v) is 18.2. The van der Waals surface area contributed by atoms with Gasteiger partial charge in [-0.2, -0.15) is 0 Å². The van der Waals surface area contributed by atoms with Gasteiger partial charge in [0, 0.05) is 12.3 Å². The highest BCUT2D eigenvalue weighted by molar-refractivity contribution is 6.77. The van der Waals surface area contributed by atoms with E-state index in [1.165, 1.54) is 0 Å². The summed E-state index contributed by atoms with van der Waals surface area (Å²) in [5, 5.41) is 0.150. The van der Waals surface area contributed by atoms with E-state index in [4.69, 9.17) is 18.6 Å². The first-order valence-electron chi connectivity index (χ1n) is 11.5. The van der Waals surface area contributed by atoms with Gasteiger partial charge in [-0.05, 0) is 40.8 Å². The second-order valence-electron chi connectivity index (χ2n) is 11.6. The summed E-state index contributed by atoms with van der Waals surface area (Å²) in [6.45, 7) is 27.7. The molecule has 3 rings (SSSR count). The maximum Gasteiger partial charge on any atom is 0.250 e. The van der Waals surface area contributed by atoms with Gasteiger partial charge in [0.25, 0.3) is 0 Å². The first-order chi connectivity index (χ1) is 13.1. The molecule has 4 atom stereocenters. The molecule has 6 heteroatoms. The van der Waals surface area contributed by atoms with Gasteiger partial charge in [-0.3, -0.25) is 0 Å². The first kappa shape index (κ1) is 25.1. The van der Waals surface area contributed by atoms with Gasteiger partial charge in [0.1, 0.15) is 11.9 Å². The standard InChI is InChI=1S/C23H46O4Si2/c1-15(2)29(16(3)4,17(5)6)27-20-14-21-22(13-19(18(20)7)24-25-21)26-28(11,12)23(8,9)10/h13,15-21H,14H2,1-12H3/t18-,19+,20+,21+/m1/s1. The Kier molecular flexibility index (Phi) is 7.60. The van der Waals surface area contributed by atoms with Gasteiger partial charge < -0.3 is 8.85 Å². The molecule has 29 heavy (non-hydrogen) atoms. The van der Waals surface area contributed by atoms with Gasteiger partial charge in [-0.25, -0.2) is 9.78 Å². The Morgan fingerprint density at radius 2 is 1.48 bits per heavy atom. The van der Waals surface area contributed by atoms with Crippen LogP contribution in [0.15, 0.2) is 11.8 Å². The van der Waals surface area contributed by atoms with Crippen molar-refractivity contribution in [3.05, 3.63) is 11.8 Å². The van der Waals surface area contributed by atoms with Crippen LogP contribution in [0.3, 0.4) is 0 Å². The van der Waals surface area contributed by atoms with Gasteiger partial charge in [-0.1, -0.05) is 69.2 Å². The van der Waals surface area contributed by atoms with E-state index in [0.29, 0.717) is 16.6 Å². The molecule has 3 aliphatic rings. The number of fused-ring (bicyclic) bond motifs is 3. The van der Waals surface area contributed by atoms with Gasteiger partial charge >= 0.3 is 0 Å². The van der Waals surface area contributed by atoms with Crippen molar-refractivity contribution in [3.8, 4) is 0 Å². The molecule has 1 saturated heterocycles. The van der Waals surface area contributed by atoms with Crippen LogP contribution in [0.2, 0.25) is 34.8 Å². The fourth-order valence-corrected chi connectivity index (χ4v) is 11.6. The summed E-state index contributed by atoms with van der Waals surface area (Å²) in [5.41, 5.74) is 1.69. The van der Waals surface area contributed by atoms with E-state index in [9.17, 15) is 0 Å². The molecule has 2 bridgehead atoms. The second-order valence-corrected chi connectivity index (χ2v) is 21.8. The van der Waals surface area contributed by atoms with E-state index in [0.717, 1.165) is 12.2 Å². The van der Waals surface area contributed by atoms with Crippen molar-refractivity contribution in [1.82, 2.24) is 0 Å². The van der Waals surface area contributed by atoms with Crippen LogP contribution in [0.4, 0.5) is 0 Å². The maximum absolute atomic E-state index is 7.18. The molecule has 1 fully saturated rings. The van der Waals surface area contributed by atoms with E-state index in [2.05, 4.69) is 88.4 Å². The van der Waals surface area contributed by atoms with Gasteiger partial charge in [0.15, 0.2) is 6.10 Å². The summed E-state index contributed by atoms with van der Waals surface area (Å²) >= 11 is 0. The Morgan fingerprint density at radius 3 is 1.93 bits per heavy atom. The Bertz CT molecular complexity index is 570. The van der Waals surface area contributed by atoms with E-state index in [-0.39, 0.29) is 29.3 Å². The minimum atomic E-state index is -1.98. The SMILES string of the molecule is CC(C)[Si](O[C@H]1C[C@@H]2OO[C@@H](C=C2O[Si](C)(C)C(C)(C)C)[C@H]1C)(C(C)C)C(C)C. The van der Waals surface area contributed by atoms with Gasteiger partial charge in [0.2, 0.25) is 16.6 Å². The zero-order valence-electron chi connectivity index (χ0n) is 21.0. The predicted molar refractivity (Wildman–Crippen MR) is 126 cm³/mol. The fraction of sp³-hybridized carbons (Fsp3) is 0.913. The van der Waals surface area contributed by atoms with Crippen LogP contribution in [0, 0.1) is 5.92 Å². The van der Waals surface area contributed by atoms with Crippen molar-refractivity contribution < 1.29 is 18.6 Å². The van der Waals surface area contributed by atoms with Crippen molar-refractivity contribution in [3.63, 3.8) is 0 Å². The Morgan fingerprint density at radius 1 is 0.966 bits per heavy atom. The number of hydrogen-bond acceptors (Lipinski definition) is 4. The summed E-state index contributed by atoms with van der Waals surface area (Å²) in [5.74, 6) is 1.21. The Balaban J connectivity index is 2.29. The molecule has 2 aliphatic heterocycles. The molecule has 0 aromatic carbocycles. The molecule has 0 unspecified atom stereocenters. The largest absolute Gasteiger partial charge is 0.545 e. The number of hydrogen-bond donors (Lipinski definition) is 0. The molecule has 1 aliphatic carbocycles. The molecular weight excluding hydrogens is 396 g/mol. The first-order valence-corrected chi connectivity index (χ1v) is 16.6. The van der Waals surface area contributed by atoms with Gasteiger partial charge in [-0.15, -0.1) is 0 Å². The average Bonchev–Trinajstić information content (AvgIpc) is 2.77. The van der Waals surface area contributed by atoms with Crippen molar-refractivity contribution in [1.29, 1.82) is 0 Å². The lowest BCUT2D eigenvalue weighted by atomic mass is 9.97.